The van der Waals surface area contributed by atoms with Gasteiger partial charge in [0, 0.05) is 19.6 Å². The lowest BCUT2D eigenvalue weighted by Crippen LogP contribution is -2.44. The second kappa shape index (κ2) is 13.1. The lowest BCUT2D eigenvalue weighted by atomic mass is 9.98. The number of benzene rings is 1. The Bertz CT molecular complexity index is 555. The molecule has 2 unspecified atom stereocenters. The van der Waals surface area contributed by atoms with Crippen LogP contribution in [0.15, 0.2) is 29.3 Å². The predicted octanol–water partition coefficient (Wildman–Crippen LogP) is 3.50. The topological polar surface area (TPSA) is 48.9 Å². The number of likely N-dealkylation sites (tertiary alicyclic amines) is 1. The summed E-state index contributed by atoms with van der Waals surface area (Å²) in [5.74, 6) is 1.90. The van der Waals surface area contributed by atoms with Crippen LogP contribution < -0.4 is 15.4 Å². The fraction of sp³-hybridized carbons (Fsp3) is 0.650. The Kier molecular flexibility index (Phi) is 11.7. The number of halogens is 2. The Morgan fingerprint density at radius 3 is 2.70 bits per heavy atom. The number of ether oxygens (including phenoxy) is 1. The average molecular weight is 492 g/mol. The maximum Gasteiger partial charge on any atom is 0.191 e. The van der Waals surface area contributed by atoms with Crippen molar-refractivity contribution in [1.82, 2.24) is 15.5 Å². The minimum Gasteiger partial charge on any atom is -0.489 e. The van der Waals surface area contributed by atoms with Crippen LogP contribution in [0.25, 0.3) is 0 Å². The van der Waals surface area contributed by atoms with Crippen LogP contribution in [0.5, 0.6) is 5.75 Å². The molecule has 1 aromatic rings. The first-order chi connectivity index (χ1) is 12.6. The Hall–Kier alpha value is -1.09. The summed E-state index contributed by atoms with van der Waals surface area (Å²) in [5.41, 5.74) is 0. The van der Waals surface area contributed by atoms with Crippen molar-refractivity contribution in [2.45, 2.75) is 39.7 Å². The highest BCUT2D eigenvalue weighted by Crippen LogP contribution is 2.15. The maximum atomic E-state index is 13.0. The van der Waals surface area contributed by atoms with Crippen LogP contribution in [-0.4, -0.2) is 56.2 Å². The van der Waals surface area contributed by atoms with Gasteiger partial charge in [0.2, 0.25) is 0 Å². The number of aliphatic imine (C=N–C) groups is 1. The van der Waals surface area contributed by atoms with E-state index in [-0.39, 0.29) is 35.9 Å². The van der Waals surface area contributed by atoms with Crippen LogP contribution >= 0.6 is 24.0 Å². The van der Waals surface area contributed by atoms with Gasteiger partial charge in [-0.05, 0) is 70.0 Å². The van der Waals surface area contributed by atoms with Crippen LogP contribution in [0.3, 0.4) is 0 Å². The van der Waals surface area contributed by atoms with Gasteiger partial charge in [-0.15, -0.1) is 24.0 Å². The summed E-state index contributed by atoms with van der Waals surface area (Å²) in [4.78, 5) is 7.14. The Balaban J connectivity index is 0.00000364. The van der Waals surface area contributed by atoms with E-state index < -0.39 is 0 Å². The molecule has 1 fully saturated rings. The van der Waals surface area contributed by atoms with E-state index in [4.69, 9.17) is 4.74 Å². The van der Waals surface area contributed by atoms with Crippen LogP contribution in [0.4, 0.5) is 4.39 Å². The summed E-state index contributed by atoms with van der Waals surface area (Å²) in [6.07, 6.45) is 2.46. The van der Waals surface area contributed by atoms with Gasteiger partial charge in [-0.2, -0.15) is 0 Å². The van der Waals surface area contributed by atoms with E-state index in [1.165, 1.54) is 31.5 Å². The molecule has 0 aliphatic carbocycles. The van der Waals surface area contributed by atoms with Crippen LogP contribution in [0.2, 0.25) is 0 Å². The smallest absolute Gasteiger partial charge is 0.191 e. The summed E-state index contributed by atoms with van der Waals surface area (Å²) in [6, 6.07) is 6.09. The van der Waals surface area contributed by atoms with Crippen molar-refractivity contribution in [3.8, 4) is 5.75 Å². The second-order valence-electron chi connectivity index (χ2n) is 6.88. The summed E-state index contributed by atoms with van der Waals surface area (Å²) in [7, 11) is 0. The Labute approximate surface area is 180 Å². The molecule has 5 nitrogen and oxygen atoms in total. The summed E-state index contributed by atoms with van der Waals surface area (Å²) in [6.45, 7) is 12.1. The lowest BCUT2D eigenvalue weighted by Gasteiger charge is -2.32. The third-order valence-electron chi connectivity index (χ3n) is 4.61. The normalized spacial score (nSPS) is 19.1. The molecule has 1 saturated heterocycles. The van der Waals surface area contributed by atoms with Gasteiger partial charge in [-0.25, -0.2) is 9.38 Å². The molecule has 1 aromatic carbocycles. The van der Waals surface area contributed by atoms with Gasteiger partial charge in [-0.1, -0.05) is 6.92 Å². The van der Waals surface area contributed by atoms with Gasteiger partial charge >= 0.3 is 0 Å². The van der Waals surface area contributed by atoms with E-state index in [9.17, 15) is 4.39 Å². The molecule has 7 heteroatoms. The molecule has 1 heterocycles. The van der Waals surface area contributed by atoms with E-state index in [2.05, 4.69) is 34.4 Å². The van der Waals surface area contributed by atoms with Gasteiger partial charge < -0.3 is 20.3 Å². The highest BCUT2D eigenvalue weighted by Gasteiger charge is 2.18. The number of guanidine groups is 1. The molecule has 1 aliphatic heterocycles. The first kappa shape index (κ1) is 23.9. The number of hydrogen-bond acceptors (Lipinski definition) is 3. The molecular weight excluding hydrogens is 458 g/mol. The molecule has 27 heavy (non-hydrogen) atoms. The average Bonchev–Trinajstić information content (AvgIpc) is 2.66. The molecule has 0 bridgehead atoms. The zero-order valence-electron chi connectivity index (χ0n) is 16.7. The van der Waals surface area contributed by atoms with Crippen LogP contribution in [0.1, 0.15) is 33.6 Å². The fourth-order valence-corrected chi connectivity index (χ4v) is 3.19. The Morgan fingerprint density at radius 2 is 2.04 bits per heavy atom. The third kappa shape index (κ3) is 9.10. The molecule has 0 spiro atoms. The lowest BCUT2D eigenvalue weighted by molar-refractivity contribution is 0.183. The third-order valence-corrected chi connectivity index (χ3v) is 4.61. The van der Waals surface area contributed by atoms with Crippen molar-refractivity contribution in [1.29, 1.82) is 0 Å². The van der Waals surface area contributed by atoms with Gasteiger partial charge in [0.15, 0.2) is 5.96 Å². The number of piperidine rings is 1. The van der Waals surface area contributed by atoms with Crippen molar-refractivity contribution in [2.24, 2.45) is 10.9 Å². The van der Waals surface area contributed by atoms with Gasteiger partial charge in [-0.3, -0.25) is 0 Å². The minimum atomic E-state index is -0.258. The fourth-order valence-electron chi connectivity index (χ4n) is 3.19. The van der Waals surface area contributed by atoms with E-state index in [1.54, 1.807) is 12.1 Å². The number of hydrogen-bond donors (Lipinski definition) is 2. The van der Waals surface area contributed by atoms with Crippen molar-refractivity contribution in [2.75, 3.05) is 39.3 Å². The number of nitrogens with one attached hydrogen (secondary N) is 2. The van der Waals surface area contributed by atoms with Gasteiger partial charge in [0.05, 0.1) is 6.54 Å². The molecule has 1 aliphatic rings. The molecular formula is C20H34FIN4O. The summed E-state index contributed by atoms with van der Waals surface area (Å²) in [5, 5.41) is 6.76. The van der Waals surface area contributed by atoms with Crippen LogP contribution in [0, 0.1) is 11.7 Å². The summed E-state index contributed by atoms with van der Waals surface area (Å²) < 4.78 is 18.7. The predicted molar refractivity (Wildman–Crippen MR) is 121 cm³/mol. The monoisotopic (exact) mass is 492 g/mol. The minimum absolute atomic E-state index is 0. The van der Waals surface area contributed by atoms with E-state index in [0.29, 0.717) is 18.2 Å². The number of rotatable bonds is 8. The molecule has 0 saturated carbocycles. The highest BCUT2D eigenvalue weighted by atomic mass is 127. The Morgan fingerprint density at radius 1 is 1.30 bits per heavy atom. The second-order valence-corrected chi connectivity index (χ2v) is 6.88. The van der Waals surface area contributed by atoms with E-state index in [1.807, 2.05) is 6.92 Å². The van der Waals surface area contributed by atoms with Crippen molar-refractivity contribution < 1.29 is 9.13 Å². The molecule has 0 amide bonds. The standard InChI is InChI=1S/C20H33FN4O.HI/c1-4-22-20(24-14-17-7-6-12-25(5-2)15-17)23-13-16(3)26-19-10-8-18(21)9-11-19;/h8-11,16-17H,4-7,12-15H2,1-3H3,(H2,22,23,24);1H. The van der Waals surface area contributed by atoms with Crippen molar-refractivity contribution in [3.05, 3.63) is 30.1 Å². The van der Waals surface area contributed by atoms with Gasteiger partial charge in [0.1, 0.15) is 17.7 Å². The van der Waals surface area contributed by atoms with E-state index in [0.717, 1.165) is 32.1 Å². The van der Waals surface area contributed by atoms with Crippen molar-refractivity contribution in [3.63, 3.8) is 0 Å². The molecule has 154 valence electrons. The summed E-state index contributed by atoms with van der Waals surface area (Å²) >= 11 is 0. The first-order valence-electron chi connectivity index (χ1n) is 9.77. The molecule has 2 N–H and O–H groups in total. The highest BCUT2D eigenvalue weighted by molar-refractivity contribution is 14.0. The SMILES string of the molecule is CCNC(=NCC(C)Oc1ccc(F)cc1)NCC1CCCN(CC)C1.I. The largest absolute Gasteiger partial charge is 0.489 e. The zero-order chi connectivity index (χ0) is 18.8. The van der Waals surface area contributed by atoms with Crippen LogP contribution in [-0.2, 0) is 0 Å². The van der Waals surface area contributed by atoms with Crippen molar-refractivity contribution >= 4 is 29.9 Å². The number of nitrogens with zero attached hydrogens (tertiary/aromatic N) is 2. The maximum absolute atomic E-state index is 13.0. The molecule has 0 radical (unpaired) electrons. The van der Waals surface area contributed by atoms with Gasteiger partial charge in [0.25, 0.3) is 0 Å². The molecule has 0 aromatic heterocycles. The quantitative estimate of drug-likeness (QED) is 0.332. The molecule has 2 atom stereocenters. The first-order valence-corrected chi connectivity index (χ1v) is 9.77. The zero-order valence-corrected chi connectivity index (χ0v) is 19.0. The van der Waals surface area contributed by atoms with E-state index >= 15 is 0 Å². The molecule has 2 rings (SSSR count).